The minimum absolute atomic E-state index is 0.0241. The summed E-state index contributed by atoms with van der Waals surface area (Å²) in [7, 11) is 0. The molecule has 0 saturated heterocycles. The van der Waals surface area contributed by atoms with Crippen LogP contribution in [0.1, 0.15) is 18.1 Å². The van der Waals surface area contributed by atoms with E-state index >= 15 is 0 Å². The van der Waals surface area contributed by atoms with Crippen LogP contribution in [-0.4, -0.2) is 29.2 Å². The fourth-order valence-corrected chi connectivity index (χ4v) is 2.91. The molecule has 2 N–H and O–H groups in total. The van der Waals surface area contributed by atoms with E-state index in [9.17, 15) is 18.0 Å². The smallest absolute Gasteiger partial charge is 0.475 e. The Morgan fingerprint density at radius 2 is 1.30 bits per heavy atom. The lowest BCUT2D eigenvalue weighted by atomic mass is 10.1. The van der Waals surface area contributed by atoms with Crippen LogP contribution in [0, 0.1) is 6.92 Å². The number of benzene rings is 3. The van der Waals surface area contributed by atoms with Crippen LogP contribution in [0.3, 0.4) is 0 Å². The number of hydrogen-bond donors (Lipinski definition) is 2. The van der Waals surface area contributed by atoms with Crippen molar-refractivity contribution in [2.24, 2.45) is 0 Å². The second-order valence-corrected chi connectivity index (χ2v) is 7.18. The highest BCUT2D eigenvalue weighted by atomic mass is 19.4. The molecule has 0 heterocycles. The van der Waals surface area contributed by atoms with Crippen LogP contribution in [0.25, 0.3) is 0 Å². The molecule has 0 saturated carbocycles. The zero-order chi connectivity index (χ0) is 24.4. The molecular weight excluding hydrogens is 433 g/mol. The highest BCUT2D eigenvalue weighted by molar-refractivity contribution is 6.03. The molecule has 8 heteroatoms. The normalized spacial score (nSPS) is 11.7. The highest BCUT2D eigenvalue weighted by Crippen LogP contribution is 2.26. The van der Waals surface area contributed by atoms with E-state index in [1.54, 1.807) is 4.90 Å². The van der Waals surface area contributed by atoms with Gasteiger partial charge in [-0.05, 0) is 49.2 Å². The average molecular weight is 458 g/mol. The van der Waals surface area contributed by atoms with E-state index in [-0.39, 0.29) is 11.9 Å². The molecule has 3 aromatic carbocycles. The number of carbonyl (C=O) groups is 2. The predicted octanol–water partition coefficient (Wildman–Crippen LogP) is 5.47. The molecule has 174 valence electrons. The maximum absolute atomic E-state index is 13.2. The number of rotatable bonds is 6. The number of amides is 1. The van der Waals surface area contributed by atoms with Crippen molar-refractivity contribution in [2.75, 3.05) is 4.90 Å². The first-order valence-corrected chi connectivity index (χ1v) is 10.1. The van der Waals surface area contributed by atoms with Gasteiger partial charge in [0.25, 0.3) is 0 Å². The second-order valence-electron chi connectivity index (χ2n) is 7.18. The summed E-state index contributed by atoms with van der Waals surface area (Å²) in [6.45, 7) is 4.67. The lowest BCUT2D eigenvalue weighted by molar-refractivity contribution is -0.192. The Morgan fingerprint density at radius 3 is 1.73 bits per heavy atom. The van der Waals surface area contributed by atoms with Gasteiger partial charge in [-0.25, -0.2) is 4.79 Å². The second kappa shape index (κ2) is 11.8. The van der Waals surface area contributed by atoms with Gasteiger partial charge in [0.1, 0.15) is 0 Å². The molecule has 0 radical (unpaired) electrons. The molecule has 5 nitrogen and oxygen atoms in total. The third kappa shape index (κ3) is 7.76. The Hall–Kier alpha value is -3.65. The number of nitrogens with zero attached hydrogens (tertiary/aromatic N) is 1. The molecule has 0 aromatic heterocycles. The Morgan fingerprint density at radius 1 is 0.879 bits per heavy atom. The zero-order valence-electron chi connectivity index (χ0n) is 18.2. The summed E-state index contributed by atoms with van der Waals surface area (Å²) in [6, 6.07) is 27.5. The molecule has 0 bridgehead atoms. The van der Waals surface area contributed by atoms with Crippen molar-refractivity contribution in [1.29, 1.82) is 0 Å². The van der Waals surface area contributed by atoms with E-state index in [4.69, 9.17) is 9.90 Å². The molecule has 1 amide bonds. The summed E-state index contributed by atoms with van der Waals surface area (Å²) in [5.74, 6) is -2.73. The van der Waals surface area contributed by atoms with Crippen molar-refractivity contribution in [2.45, 2.75) is 32.6 Å². The van der Waals surface area contributed by atoms with Crippen LogP contribution in [-0.2, 0) is 16.1 Å². The van der Waals surface area contributed by atoms with Gasteiger partial charge in [0.2, 0.25) is 5.91 Å². The Kier molecular flexibility index (Phi) is 9.18. The standard InChI is InChI=1S/C23H24N2O.C2HF3O2/c1-18-11-9-10-12-20(18)17-24-19(2)23(26)25(21-13-5-3-6-14-21)22-15-7-4-8-16-22;3-2(4,5)1(6)7/h3-16,19,24H,17H2,1-2H3;(H,6,7). The van der Waals surface area contributed by atoms with Gasteiger partial charge in [-0.15, -0.1) is 0 Å². The molecule has 3 rings (SSSR count). The summed E-state index contributed by atoms with van der Waals surface area (Å²) in [6.07, 6.45) is -5.08. The van der Waals surface area contributed by atoms with Crippen molar-refractivity contribution >= 4 is 23.3 Å². The average Bonchev–Trinajstić information content (AvgIpc) is 2.79. The number of halogens is 3. The molecule has 1 atom stereocenters. The van der Waals surface area contributed by atoms with Crippen molar-refractivity contribution in [3.63, 3.8) is 0 Å². The first-order chi connectivity index (χ1) is 15.6. The van der Waals surface area contributed by atoms with Gasteiger partial charge in [-0.2, -0.15) is 13.2 Å². The maximum atomic E-state index is 13.2. The third-order valence-electron chi connectivity index (χ3n) is 4.72. The minimum atomic E-state index is -5.08. The first kappa shape index (κ1) is 25.6. The molecule has 33 heavy (non-hydrogen) atoms. The van der Waals surface area contributed by atoms with Gasteiger partial charge in [-0.3, -0.25) is 9.69 Å². The molecule has 0 aliphatic carbocycles. The molecule has 0 fully saturated rings. The fraction of sp³-hybridized carbons (Fsp3) is 0.200. The number of aryl methyl sites for hydroxylation is 1. The van der Waals surface area contributed by atoms with E-state index in [0.29, 0.717) is 6.54 Å². The van der Waals surface area contributed by atoms with Gasteiger partial charge >= 0.3 is 12.1 Å². The predicted molar refractivity (Wildman–Crippen MR) is 121 cm³/mol. The zero-order valence-corrected chi connectivity index (χ0v) is 18.2. The number of nitrogens with one attached hydrogen (secondary N) is 1. The molecule has 0 spiro atoms. The van der Waals surface area contributed by atoms with Crippen LogP contribution in [0.5, 0.6) is 0 Å². The number of carbonyl (C=O) groups excluding carboxylic acids is 1. The molecule has 1 unspecified atom stereocenters. The van der Waals surface area contributed by atoms with Crippen LogP contribution >= 0.6 is 0 Å². The number of carboxylic acid groups (broad SMARTS) is 1. The Bertz CT molecular complexity index is 1000. The van der Waals surface area contributed by atoms with Gasteiger partial charge in [0.05, 0.1) is 6.04 Å². The van der Waals surface area contributed by atoms with Crippen molar-refractivity contribution in [3.8, 4) is 0 Å². The Labute approximate surface area is 190 Å². The largest absolute Gasteiger partial charge is 0.490 e. The number of anilines is 2. The maximum Gasteiger partial charge on any atom is 0.490 e. The van der Waals surface area contributed by atoms with Crippen LogP contribution in [0.15, 0.2) is 84.9 Å². The topological polar surface area (TPSA) is 69.6 Å². The van der Waals surface area contributed by atoms with E-state index in [0.717, 1.165) is 11.4 Å². The lowest BCUT2D eigenvalue weighted by Gasteiger charge is -2.26. The van der Waals surface area contributed by atoms with Crippen molar-refractivity contribution in [1.82, 2.24) is 5.32 Å². The summed E-state index contributed by atoms with van der Waals surface area (Å²) in [5, 5.41) is 10.5. The van der Waals surface area contributed by atoms with Crippen LogP contribution in [0.4, 0.5) is 24.5 Å². The third-order valence-corrected chi connectivity index (χ3v) is 4.72. The highest BCUT2D eigenvalue weighted by Gasteiger charge is 2.38. The monoisotopic (exact) mass is 458 g/mol. The summed E-state index contributed by atoms with van der Waals surface area (Å²) >= 11 is 0. The van der Waals surface area contributed by atoms with Gasteiger partial charge in [0.15, 0.2) is 0 Å². The van der Waals surface area contributed by atoms with E-state index in [2.05, 4.69) is 24.4 Å². The lowest BCUT2D eigenvalue weighted by Crippen LogP contribution is -2.42. The molecular formula is C25H25F3N2O3. The van der Waals surface area contributed by atoms with Crippen LogP contribution < -0.4 is 10.2 Å². The van der Waals surface area contributed by atoms with Gasteiger partial charge < -0.3 is 10.4 Å². The number of alkyl halides is 3. The first-order valence-electron chi connectivity index (χ1n) is 10.1. The van der Waals surface area contributed by atoms with Gasteiger partial charge in [-0.1, -0.05) is 60.7 Å². The van der Waals surface area contributed by atoms with E-state index < -0.39 is 12.1 Å². The van der Waals surface area contributed by atoms with E-state index in [1.807, 2.05) is 79.7 Å². The summed E-state index contributed by atoms with van der Waals surface area (Å²) < 4.78 is 31.7. The number of hydrogen-bond acceptors (Lipinski definition) is 3. The van der Waals surface area contributed by atoms with Crippen LogP contribution in [0.2, 0.25) is 0 Å². The summed E-state index contributed by atoms with van der Waals surface area (Å²) in [5.41, 5.74) is 4.17. The Balaban J connectivity index is 0.000000479. The molecule has 3 aromatic rings. The fourth-order valence-electron chi connectivity index (χ4n) is 2.91. The number of para-hydroxylation sites is 2. The molecule has 0 aliphatic heterocycles. The number of aliphatic carboxylic acids is 1. The van der Waals surface area contributed by atoms with Crippen molar-refractivity contribution in [3.05, 3.63) is 96.1 Å². The minimum Gasteiger partial charge on any atom is -0.475 e. The SMILES string of the molecule is Cc1ccccc1CNC(C)C(=O)N(c1ccccc1)c1ccccc1.O=C(O)C(F)(F)F. The quantitative estimate of drug-likeness (QED) is 0.514. The van der Waals surface area contributed by atoms with Crippen molar-refractivity contribution < 1.29 is 27.9 Å². The van der Waals surface area contributed by atoms with E-state index in [1.165, 1.54) is 11.1 Å². The molecule has 0 aliphatic rings. The summed E-state index contributed by atoms with van der Waals surface area (Å²) in [4.78, 5) is 23.9. The van der Waals surface area contributed by atoms with Gasteiger partial charge in [0, 0.05) is 17.9 Å². The number of carboxylic acids is 1.